The number of hydrazine groups is 1. The summed E-state index contributed by atoms with van der Waals surface area (Å²) in [4.78, 5) is 1.30. The van der Waals surface area contributed by atoms with Crippen LogP contribution in [0.25, 0.3) is 0 Å². The molecule has 3 rings (SSSR count). The third-order valence-corrected chi connectivity index (χ3v) is 5.31. The maximum absolute atomic E-state index is 5.99. The van der Waals surface area contributed by atoms with Crippen LogP contribution in [0.5, 0.6) is 0 Å². The molecule has 0 saturated carbocycles. The first-order valence-electron chi connectivity index (χ1n) is 6.67. The molecule has 0 saturated heterocycles. The average Bonchev–Trinajstić information content (AvgIpc) is 2.89. The molecule has 2 heterocycles. The maximum Gasteiger partial charge on any atom is 0.0997 e. The van der Waals surface area contributed by atoms with Gasteiger partial charge < -0.3 is 4.74 Å². The predicted octanol–water partition coefficient (Wildman–Crippen LogP) is 3.20. The summed E-state index contributed by atoms with van der Waals surface area (Å²) in [6.07, 6.45) is 1.87. The molecule has 0 fully saturated rings. The van der Waals surface area contributed by atoms with Gasteiger partial charge in [0.2, 0.25) is 0 Å². The Morgan fingerprint density at radius 2 is 2.20 bits per heavy atom. The van der Waals surface area contributed by atoms with Crippen molar-refractivity contribution in [3.05, 3.63) is 56.2 Å². The van der Waals surface area contributed by atoms with Gasteiger partial charge >= 0.3 is 0 Å². The van der Waals surface area contributed by atoms with Gasteiger partial charge in [0.1, 0.15) is 0 Å². The largest absolute Gasteiger partial charge is 0.371 e. The van der Waals surface area contributed by atoms with E-state index in [-0.39, 0.29) is 12.1 Å². The van der Waals surface area contributed by atoms with Crippen LogP contribution in [0, 0.1) is 0 Å². The minimum absolute atomic E-state index is 0.0193. The lowest BCUT2D eigenvalue weighted by Gasteiger charge is -2.32. The molecule has 1 aliphatic rings. The molecule has 2 atom stereocenters. The fraction of sp³-hybridized carbons (Fsp3) is 0.333. The summed E-state index contributed by atoms with van der Waals surface area (Å²) in [5.41, 5.74) is 5.57. The summed E-state index contributed by atoms with van der Waals surface area (Å²) in [6.45, 7) is 0.758. The van der Waals surface area contributed by atoms with Gasteiger partial charge in [-0.3, -0.25) is 11.3 Å². The number of nitrogens with two attached hydrogens (primary N) is 1. The molecule has 0 spiro atoms. The molecule has 1 aromatic carbocycles. The number of thiophene rings is 1. The van der Waals surface area contributed by atoms with Crippen LogP contribution in [-0.4, -0.2) is 12.6 Å². The molecule has 0 bridgehead atoms. The Hall–Kier alpha value is -0.720. The van der Waals surface area contributed by atoms with Crippen molar-refractivity contribution >= 4 is 27.3 Å². The van der Waals surface area contributed by atoms with Gasteiger partial charge in [-0.2, -0.15) is 0 Å². The molecule has 5 heteroatoms. The van der Waals surface area contributed by atoms with Crippen LogP contribution in [0.1, 0.15) is 22.1 Å². The normalized spacial score (nSPS) is 19.6. The van der Waals surface area contributed by atoms with Gasteiger partial charge in [-0.15, -0.1) is 11.3 Å². The standard InChI is InChI=1S/C15H17BrN2OS/c16-14-6-5-11(20-14)9-13(18-17)15-12-4-2-1-3-10(12)7-8-19-15/h1-6,13,15,18H,7-9,17H2. The zero-order chi connectivity index (χ0) is 13.9. The van der Waals surface area contributed by atoms with E-state index in [1.807, 2.05) is 0 Å². The van der Waals surface area contributed by atoms with Gasteiger partial charge in [0.25, 0.3) is 0 Å². The highest BCUT2D eigenvalue weighted by atomic mass is 79.9. The second kappa shape index (κ2) is 6.37. The maximum atomic E-state index is 5.99. The molecular formula is C15H17BrN2OS. The Balaban J connectivity index is 1.83. The van der Waals surface area contributed by atoms with Crippen molar-refractivity contribution in [2.24, 2.45) is 5.84 Å². The van der Waals surface area contributed by atoms with Crippen molar-refractivity contribution < 1.29 is 4.74 Å². The van der Waals surface area contributed by atoms with E-state index in [2.05, 4.69) is 57.8 Å². The molecule has 1 aliphatic heterocycles. The number of fused-ring (bicyclic) bond motifs is 1. The van der Waals surface area contributed by atoms with Gasteiger partial charge in [0.15, 0.2) is 0 Å². The highest BCUT2D eigenvalue weighted by molar-refractivity contribution is 9.11. The zero-order valence-electron chi connectivity index (χ0n) is 11.0. The van der Waals surface area contributed by atoms with E-state index < -0.39 is 0 Å². The molecule has 106 valence electrons. The molecular weight excluding hydrogens is 336 g/mol. The molecule has 3 N–H and O–H groups in total. The smallest absolute Gasteiger partial charge is 0.0997 e. The number of hydrogen-bond donors (Lipinski definition) is 2. The number of hydrogen-bond acceptors (Lipinski definition) is 4. The topological polar surface area (TPSA) is 47.3 Å². The Bertz CT molecular complexity index is 587. The van der Waals surface area contributed by atoms with Crippen molar-refractivity contribution in [1.82, 2.24) is 5.43 Å². The number of ether oxygens (including phenoxy) is 1. The average molecular weight is 353 g/mol. The van der Waals surface area contributed by atoms with Crippen molar-refractivity contribution in [1.29, 1.82) is 0 Å². The zero-order valence-corrected chi connectivity index (χ0v) is 13.4. The van der Waals surface area contributed by atoms with Gasteiger partial charge in [-0.05, 0) is 45.6 Å². The monoisotopic (exact) mass is 352 g/mol. The first kappa shape index (κ1) is 14.2. The Kier molecular flexibility index (Phi) is 4.53. The fourth-order valence-corrected chi connectivity index (χ4v) is 4.23. The van der Waals surface area contributed by atoms with Gasteiger partial charge in [0.05, 0.1) is 22.5 Å². The second-order valence-electron chi connectivity index (χ2n) is 4.92. The number of rotatable bonds is 4. The number of nitrogens with one attached hydrogen (secondary N) is 1. The second-order valence-corrected chi connectivity index (χ2v) is 7.47. The van der Waals surface area contributed by atoms with Crippen molar-refractivity contribution in [2.45, 2.75) is 25.0 Å². The third kappa shape index (κ3) is 2.97. The summed E-state index contributed by atoms with van der Waals surface area (Å²) in [7, 11) is 0. The van der Waals surface area contributed by atoms with Crippen molar-refractivity contribution in [2.75, 3.05) is 6.61 Å². The predicted molar refractivity (Wildman–Crippen MR) is 85.7 cm³/mol. The molecule has 20 heavy (non-hydrogen) atoms. The first-order valence-corrected chi connectivity index (χ1v) is 8.28. The van der Waals surface area contributed by atoms with Crippen LogP contribution < -0.4 is 11.3 Å². The van der Waals surface area contributed by atoms with Gasteiger partial charge in [-0.25, -0.2) is 0 Å². The summed E-state index contributed by atoms with van der Waals surface area (Å²) >= 11 is 5.24. The molecule has 3 nitrogen and oxygen atoms in total. The number of benzene rings is 1. The van der Waals surface area contributed by atoms with Crippen LogP contribution in [0.15, 0.2) is 40.2 Å². The lowest BCUT2D eigenvalue weighted by atomic mass is 9.92. The van der Waals surface area contributed by atoms with Gasteiger partial charge in [0, 0.05) is 11.3 Å². The van der Waals surface area contributed by atoms with E-state index >= 15 is 0 Å². The summed E-state index contributed by atoms with van der Waals surface area (Å²) in [5.74, 6) is 5.78. The highest BCUT2D eigenvalue weighted by Gasteiger charge is 2.28. The molecule has 2 aromatic rings. The van der Waals surface area contributed by atoms with E-state index in [1.54, 1.807) is 11.3 Å². The van der Waals surface area contributed by atoms with Crippen LogP contribution in [0.3, 0.4) is 0 Å². The van der Waals surface area contributed by atoms with Crippen molar-refractivity contribution in [3.8, 4) is 0 Å². The van der Waals surface area contributed by atoms with Gasteiger partial charge in [-0.1, -0.05) is 24.3 Å². The Morgan fingerprint density at radius 3 is 2.95 bits per heavy atom. The molecule has 0 aliphatic carbocycles. The lowest BCUT2D eigenvalue weighted by molar-refractivity contribution is 0.0156. The molecule has 1 aromatic heterocycles. The minimum Gasteiger partial charge on any atom is -0.371 e. The highest BCUT2D eigenvalue weighted by Crippen LogP contribution is 2.32. The van der Waals surface area contributed by atoms with Crippen molar-refractivity contribution in [3.63, 3.8) is 0 Å². The quantitative estimate of drug-likeness (QED) is 0.656. The van der Waals surface area contributed by atoms with Crippen LogP contribution in [0.2, 0.25) is 0 Å². The van der Waals surface area contributed by atoms with E-state index in [9.17, 15) is 0 Å². The fourth-order valence-electron chi connectivity index (χ4n) is 2.69. The number of halogens is 1. The van der Waals surface area contributed by atoms with E-state index in [4.69, 9.17) is 10.6 Å². The van der Waals surface area contributed by atoms with E-state index in [1.165, 1.54) is 16.0 Å². The third-order valence-electron chi connectivity index (χ3n) is 3.66. The van der Waals surface area contributed by atoms with Crippen LogP contribution in [0.4, 0.5) is 0 Å². The minimum atomic E-state index is 0.0193. The van der Waals surface area contributed by atoms with Crippen LogP contribution in [-0.2, 0) is 17.6 Å². The summed E-state index contributed by atoms with van der Waals surface area (Å²) in [5, 5.41) is 0. The van der Waals surface area contributed by atoms with E-state index in [0.717, 1.165) is 23.2 Å². The first-order chi connectivity index (χ1) is 9.78. The van der Waals surface area contributed by atoms with Crippen LogP contribution >= 0.6 is 27.3 Å². The summed E-state index contributed by atoms with van der Waals surface area (Å²) in [6, 6.07) is 12.8. The summed E-state index contributed by atoms with van der Waals surface area (Å²) < 4.78 is 7.13. The molecule has 0 radical (unpaired) electrons. The molecule has 0 amide bonds. The Morgan fingerprint density at radius 1 is 1.35 bits per heavy atom. The molecule has 2 unspecified atom stereocenters. The van der Waals surface area contributed by atoms with E-state index in [0.29, 0.717) is 0 Å². The lowest BCUT2D eigenvalue weighted by Crippen LogP contribution is -2.43. The SMILES string of the molecule is NNC(Cc1ccc(Br)s1)C1OCCc2ccccc21. The Labute approximate surface area is 131 Å².